The number of fused-ring (bicyclic) bond motifs is 1. The van der Waals surface area contributed by atoms with Crippen LogP contribution in [0.5, 0.6) is 5.88 Å². The van der Waals surface area contributed by atoms with Gasteiger partial charge in [-0.2, -0.15) is 0 Å². The van der Waals surface area contributed by atoms with Gasteiger partial charge in [0, 0.05) is 5.22 Å². The van der Waals surface area contributed by atoms with E-state index in [0.29, 0.717) is 26.7 Å². The summed E-state index contributed by atoms with van der Waals surface area (Å²) in [4.78, 5) is 28.4. The first-order chi connectivity index (χ1) is 12.5. The van der Waals surface area contributed by atoms with E-state index in [1.165, 1.54) is 4.57 Å². The van der Waals surface area contributed by atoms with Crippen LogP contribution in [0.15, 0.2) is 53.5 Å². The lowest BCUT2D eigenvalue weighted by Gasteiger charge is -2.09. The summed E-state index contributed by atoms with van der Waals surface area (Å²) in [6.45, 7) is 0. The van der Waals surface area contributed by atoms with E-state index < -0.39 is 11.8 Å². The third kappa shape index (κ3) is 2.39. The molecule has 3 N–H and O–H groups in total. The van der Waals surface area contributed by atoms with Gasteiger partial charge in [0.25, 0.3) is 11.8 Å². The predicted octanol–water partition coefficient (Wildman–Crippen LogP) is 1.43. The minimum absolute atomic E-state index is 0.219. The molecule has 0 spiro atoms. The van der Waals surface area contributed by atoms with Gasteiger partial charge in [-0.3, -0.25) is 14.2 Å². The minimum Gasteiger partial charge on any atom is -0.493 e. The zero-order valence-electron chi connectivity index (χ0n) is 13.2. The highest BCUT2D eigenvalue weighted by Gasteiger charge is 2.26. The summed E-state index contributed by atoms with van der Waals surface area (Å²) in [5.41, 5.74) is 6.30. The normalized spacial score (nSPS) is 12.8. The average molecular weight is 381 g/mol. The number of benzene rings is 2. The van der Waals surface area contributed by atoms with E-state index in [0.717, 1.165) is 11.3 Å². The van der Waals surface area contributed by atoms with E-state index in [-0.39, 0.29) is 15.4 Å². The van der Waals surface area contributed by atoms with E-state index >= 15 is 0 Å². The van der Waals surface area contributed by atoms with Gasteiger partial charge in [-0.25, -0.2) is 4.99 Å². The summed E-state index contributed by atoms with van der Waals surface area (Å²) in [6.07, 6.45) is 0. The van der Waals surface area contributed by atoms with Gasteiger partial charge in [0.15, 0.2) is 3.95 Å². The lowest BCUT2D eigenvalue weighted by Crippen LogP contribution is -2.22. The Kier molecular flexibility index (Phi) is 3.78. The lowest BCUT2D eigenvalue weighted by atomic mass is 10.1. The molecule has 2 heterocycles. The Labute approximate surface area is 156 Å². The first-order valence-electron chi connectivity index (χ1n) is 7.56. The Morgan fingerprint density at radius 3 is 2.62 bits per heavy atom. The van der Waals surface area contributed by atoms with Crippen LogP contribution in [-0.2, 0) is 4.79 Å². The molecule has 0 saturated carbocycles. The maximum atomic E-state index is 12.4. The Morgan fingerprint density at radius 1 is 1.15 bits per heavy atom. The fraction of sp³-hybridized carbons (Fsp3) is 0. The van der Waals surface area contributed by atoms with Crippen LogP contribution in [0, 0.1) is 3.95 Å². The Hall–Kier alpha value is -3.10. The van der Waals surface area contributed by atoms with Crippen LogP contribution in [0.4, 0.5) is 0 Å². The van der Waals surface area contributed by atoms with Crippen LogP contribution in [0.2, 0.25) is 0 Å². The largest absolute Gasteiger partial charge is 0.493 e. The topological polar surface area (TPSA) is 97.7 Å². The van der Waals surface area contributed by atoms with Crippen molar-refractivity contribution in [2.45, 2.75) is 0 Å². The molecule has 128 valence electrons. The van der Waals surface area contributed by atoms with Gasteiger partial charge < -0.3 is 10.8 Å². The number of carbonyl (C=O) groups excluding carboxylic acids is 2. The zero-order chi connectivity index (χ0) is 18.4. The van der Waals surface area contributed by atoms with E-state index in [4.69, 9.17) is 18.0 Å². The smallest absolute Gasteiger partial charge is 0.279 e. The molecule has 1 aliphatic heterocycles. The van der Waals surface area contributed by atoms with Crippen molar-refractivity contribution in [2.24, 2.45) is 10.7 Å². The van der Waals surface area contributed by atoms with Crippen molar-refractivity contribution >= 4 is 40.9 Å². The summed E-state index contributed by atoms with van der Waals surface area (Å²) < 4.78 is 1.63. The summed E-state index contributed by atoms with van der Waals surface area (Å²) in [7, 11) is 0. The van der Waals surface area contributed by atoms with Crippen LogP contribution in [0.1, 0.15) is 15.2 Å². The molecule has 0 fully saturated rings. The molecule has 8 heteroatoms. The quantitative estimate of drug-likeness (QED) is 0.671. The molecule has 0 atom stereocenters. The van der Waals surface area contributed by atoms with Crippen molar-refractivity contribution in [1.82, 2.24) is 4.57 Å². The van der Waals surface area contributed by atoms with Gasteiger partial charge in [0.2, 0.25) is 5.88 Å². The second kappa shape index (κ2) is 6.01. The Balaban J connectivity index is 2.03. The molecular weight excluding hydrogens is 370 g/mol. The first kappa shape index (κ1) is 16.4. The van der Waals surface area contributed by atoms with E-state index in [1.54, 1.807) is 48.5 Å². The second-order valence-corrected chi connectivity index (χ2v) is 7.19. The molecular formula is C18H11N3O3S2. The van der Waals surface area contributed by atoms with Crippen LogP contribution >= 0.6 is 23.6 Å². The molecule has 4 rings (SSSR count). The first-order valence-corrected chi connectivity index (χ1v) is 8.78. The van der Waals surface area contributed by atoms with Gasteiger partial charge >= 0.3 is 0 Å². The van der Waals surface area contributed by atoms with Crippen molar-refractivity contribution in [3.05, 3.63) is 73.5 Å². The Morgan fingerprint density at radius 2 is 1.85 bits per heavy atom. The number of amides is 2. The number of nitrogens with zero attached hydrogens (tertiary/aromatic N) is 2. The zero-order valence-corrected chi connectivity index (χ0v) is 14.8. The Bertz CT molecular complexity index is 1270. The number of hydrogen-bond donors (Lipinski definition) is 2. The van der Waals surface area contributed by atoms with E-state index in [1.807, 2.05) is 0 Å². The fourth-order valence-electron chi connectivity index (χ4n) is 2.90. The molecule has 3 aromatic rings. The summed E-state index contributed by atoms with van der Waals surface area (Å²) >= 11 is 6.45. The number of rotatable bonds is 3. The maximum absolute atomic E-state index is 12.4. The van der Waals surface area contributed by atoms with Gasteiger partial charge in [-0.1, -0.05) is 30.3 Å². The third-order valence-electron chi connectivity index (χ3n) is 4.03. The number of aromatic hydroxyl groups is 1. The summed E-state index contributed by atoms with van der Waals surface area (Å²) in [5, 5.41) is 12.0. The molecule has 26 heavy (non-hydrogen) atoms. The molecule has 1 aliphatic rings. The van der Waals surface area contributed by atoms with Crippen LogP contribution in [0.25, 0.3) is 11.3 Å². The highest BCUT2D eigenvalue weighted by Crippen LogP contribution is 2.35. The number of carbonyl (C=O) groups is 2. The third-order valence-corrected chi connectivity index (χ3v) is 5.41. The summed E-state index contributed by atoms with van der Waals surface area (Å²) in [5.74, 6) is -1.29. The number of primary amides is 1. The molecule has 0 aliphatic carbocycles. The molecule has 2 amide bonds. The molecule has 0 saturated heterocycles. The van der Waals surface area contributed by atoms with Crippen molar-refractivity contribution < 1.29 is 14.7 Å². The van der Waals surface area contributed by atoms with Gasteiger partial charge in [-0.15, -0.1) is 11.3 Å². The van der Waals surface area contributed by atoms with E-state index in [9.17, 15) is 14.7 Å². The maximum Gasteiger partial charge on any atom is 0.279 e. The summed E-state index contributed by atoms with van der Waals surface area (Å²) in [6, 6.07) is 13.6. The number of para-hydroxylation sites is 2. The van der Waals surface area contributed by atoms with Crippen LogP contribution < -0.4 is 16.3 Å². The molecule has 2 aromatic carbocycles. The van der Waals surface area contributed by atoms with Gasteiger partial charge in [-0.05, 0) is 30.4 Å². The molecule has 6 nitrogen and oxygen atoms in total. The molecule has 1 aromatic heterocycles. The van der Waals surface area contributed by atoms with Crippen LogP contribution in [0.3, 0.4) is 0 Å². The van der Waals surface area contributed by atoms with Crippen molar-refractivity contribution in [3.63, 3.8) is 0 Å². The van der Waals surface area contributed by atoms with Crippen molar-refractivity contribution in [3.8, 4) is 11.6 Å². The number of nitrogens with two attached hydrogens (primary N) is 1. The standard InChI is InChI=1S/C18H11N3O3S2/c19-15(22)10-6-2-4-8-12(10)21-17(24)14(26-18(21)25)13-9-5-1-3-7-11(9)20-16(13)23/h1-8,24H,(H2,19,22). The number of thiazole rings is 1. The van der Waals surface area contributed by atoms with Gasteiger partial charge in [0.1, 0.15) is 4.88 Å². The van der Waals surface area contributed by atoms with E-state index in [2.05, 4.69) is 4.99 Å². The minimum atomic E-state index is -0.639. The van der Waals surface area contributed by atoms with Gasteiger partial charge in [0.05, 0.1) is 22.2 Å². The lowest BCUT2D eigenvalue weighted by molar-refractivity contribution is -0.112. The van der Waals surface area contributed by atoms with Crippen molar-refractivity contribution in [1.29, 1.82) is 0 Å². The number of hydrogen-bond acceptors (Lipinski definition) is 5. The van der Waals surface area contributed by atoms with Crippen molar-refractivity contribution in [2.75, 3.05) is 0 Å². The fourth-order valence-corrected chi connectivity index (χ4v) is 4.27. The van der Waals surface area contributed by atoms with Crippen LogP contribution in [-0.4, -0.2) is 21.5 Å². The average Bonchev–Trinajstić information content (AvgIpc) is 3.09. The monoisotopic (exact) mass is 381 g/mol. The molecule has 0 unspecified atom stereocenters. The highest BCUT2D eigenvalue weighted by atomic mass is 32.1. The highest BCUT2D eigenvalue weighted by molar-refractivity contribution is 7.73. The predicted molar refractivity (Wildman–Crippen MR) is 99.4 cm³/mol. The molecule has 0 radical (unpaired) electrons. The SMILES string of the molecule is NC(=O)c1ccccc1-n1c(O)c(C2=c3ccccc3=NC2=O)sc1=S. The number of aromatic nitrogens is 1. The molecule has 0 bridgehead atoms. The second-order valence-electron chi connectivity index (χ2n) is 5.55.